The van der Waals surface area contributed by atoms with Crippen molar-refractivity contribution in [2.45, 2.75) is 17.9 Å². The molecule has 0 aliphatic carbocycles. The van der Waals surface area contributed by atoms with Gasteiger partial charge in [-0.25, -0.2) is 4.79 Å². The highest BCUT2D eigenvalue weighted by Gasteiger charge is 2.22. The summed E-state index contributed by atoms with van der Waals surface area (Å²) in [7, 11) is -1.34. The van der Waals surface area contributed by atoms with Crippen LogP contribution in [0.3, 0.4) is 0 Å². The van der Waals surface area contributed by atoms with Gasteiger partial charge in [0.1, 0.15) is 0 Å². The third-order valence-electron chi connectivity index (χ3n) is 4.34. The van der Waals surface area contributed by atoms with Crippen LogP contribution in [0.2, 0.25) is 0 Å². The lowest BCUT2D eigenvalue weighted by Gasteiger charge is -2.16. The molecular formula is C23H21NO4S. The summed E-state index contributed by atoms with van der Waals surface area (Å²) in [5, 5.41) is 2.83. The Morgan fingerprint density at radius 3 is 2.24 bits per heavy atom. The van der Waals surface area contributed by atoms with Crippen LogP contribution in [-0.4, -0.2) is 28.4 Å². The first-order valence-corrected chi connectivity index (χ1v) is 10.6. The van der Waals surface area contributed by atoms with Crippen LogP contribution < -0.4 is 5.32 Å². The summed E-state index contributed by atoms with van der Waals surface area (Å²) in [5.41, 5.74) is 2.65. The van der Waals surface area contributed by atoms with Gasteiger partial charge in [-0.1, -0.05) is 60.7 Å². The molecule has 0 spiro atoms. The molecule has 0 bridgehead atoms. The smallest absolute Gasteiger partial charge is 0.340 e. The van der Waals surface area contributed by atoms with Crippen LogP contribution in [0.5, 0.6) is 0 Å². The predicted molar refractivity (Wildman–Crippen MR) is 114 cm³/mol. The van der Waals surface area contributed by atoms with E-state index in [1.165, 1.54) is 19.2 Å². The molecule has 0 heterocycles. The maximum Gasteiger partial charge on any atom is 0.340 e. The van der Waals surface area contributed by atoms with Crippen molar-refractivity contribution >= 4 is 28.4 Å². The second-order valence-corrected chi connectivity index (χ2v) is 7.75. The number of esters is 1. The molecule has 29 heavy (non-hydrogen) atoms. The van der Waals surface area contributed by atoms with Crippen molar-refractivity contribution in [1.29, 1.82) is 0 Å². The topological polar surface area (TPSA) is 72.5 Å². The average molecular weight is 407 g/mol. The minimum absolute atomic E-state index is 0.192. The summed E-state index contributed by atoms with van der Waals surface area (Å²) in [6, 6.07) is 23.6. The van der Waals surface area contributed by atoms with Crippen molar-refractivity contribution in [3.8, 4) is 11.1 Å². The number of rotatable bonds is 6. The standard InChI is InChI=1S/C23H21NO4S/c1-16(28-23(26)19-13-7-9-15-21(19)29(2)27)22(25)24-20-14-8-6-12-18(20)17-10-4-3-5-11-17/h3-16H,1-2H3,(H,24,25)/t16-,29+/m1/s1. The molecule has 0 aliphatic heterocycles. The molecule has 0 aliphatic rings. The van der Waals surface area contributed by atoms with Gasteiger partial charge in [0.15, 0.2) is 6.10 Å². The van der Waals surface area contributed by atoms with Crippen LogP contribution in [0.4, 0.5) is 5.69 Å². The van der Waals surface area contributed by atoms with Crippen LogP contribution in [0.15, 0.2) is 83.8 Å². The molecule has 0 unspecified atom stereocenters. The number of carbonyl (C=O) groups is 2. The van der Waals surface area contributed by atoms with E-state index in [2.05, 4.69) is 5.32 Å². The fourth-order valence-electron chi connectivity index (χ4n) is 2.86. The summed E-state index contributed by atoms with van der Waals surface area (Å²) in [6.07, 6.45) is 0.465. The zero-order valence-corrected chi connectivity index (χ0v) is 16.9. The molecule has 2 atom stereocenters. The predicted octanol–water partition coefficient (Wildman–Crippen LogP) is 4.28. The molecule has 0 saturated carbocycles. The Morgan fingerprint density at radius 2 is 1.52 bits per heavy atom. The lowest BCUT2D eigenvalue weighted by Crippen LogP contribution is -2.30. The number of anilines is 1. The van der Waals surface area contributed by atoms with Crippen LogP contribution in [-0.2, 0) is 20.3 Å². The van der Waals surface area contributed by atoms with Gasteiger partial charge in [-0.3, -0.25) is 9.00 Å². The molecule has 0 radical (unpaired) electrons. The van der Waals surface area contributed by atoms with Crippen molar-refractivity contribution in [3.05, 3.63) is 84.4 Å². The van der Waals surface area contributed by atoms with Gasteiger partial charge < -0.3 is 10.1 Å². The molecule has 3 aromatic carbocycles. The average Bonchev–Trinajstić information content (AvgIpc) is 2.74. The quantitative estimate of drug-likeness (QED) is 0.619. The van der Waals surface area contributed by atoms with E-state index < -0.39 is 28.8 Å². The van der Waals surface area contributed by atoms with Gasteiger partial charge in [-0.15, -0.1) is 0 Å². The Labute approximate surface area is 172 Å². The second-order valence-electron chi connectivity index (χ2n) is 6.40. The van der Waals surface area contributed by atoms with Gasteiger partial charge in [0.05, 0.1) is 21.3 Å². The third-order valence-corrected chi connectivity index (χ3v) is 5.31. The molecule has 3 aromatic rings. The number of nitrogens with one attached hydrogen (secondary N) is 1. The van der Waals surface area contributed by atoms with E-state index in [1.807, 2.05) is 48.5 Å². The Balaban J connectivity index is 1.74. The lowest BCUT2D eigenvalue weighted by molar-refractivity contribution is -0.123. The Bertz CT molecular complexity index is 1050. The molecule has 6 heteroatoms. The van der Waals surface area contributed by atoms with Crippen LogP contribution >= 0.6 is 0 Å². The van der Waals surface area contributed by atoms with Gasteiger partial charge in [0.2, 0.25) is 0 Å². The first-order chi connectivity index (χ1) is 14.0. The van der Waals surface area contributed by atoms with E-state index in [-0.39, 0.29) is 5.56 Å². The number of carbonyl (C=O) groups excluding carboxylic acids is 2. The number of amides is 1. The van der Waals surface area contributed by atoms with Crippen molar-refractivity contribution in [2.75, 3.05) is 11.6 Å². The summed E-state index contributed by atoms with van der Waals surface area (Å²) >= 11 is 0. The van der Waals surface area contributed by atoms with E-state index in [1.54, 1.807) is 24.3 Å². The maximum absolute atomic E-state index is 12.6. The SMILES string of the molecule is C[C@@H](OC(=O)c1ccccc1[S@](C)=O)C(=O)Nc1ccccc1-c1ccccc1. The van der Waals surface area contributed by atoms with E-state index in [9.17, 15) is 13.8 Å². The Kier molecular flexibility index (Phi) is 6.57. The molecular weight excluding hydrogens is 386 g/mol. The van der Waals surface area contributed by atoms with E-state index in [0.717, 1.165) is 11.1 Å². The lowest BCUT2D eigenvalue weighted by atomic mass is 10.0. The highest BCUT2D eigenvalue weighted by molar-refractivity contribution is 7.84. The fraction of sp³-hybridized carbons (Fsp3) is 0.130. The number of ether oxygens (including phenoxy) is 1. The number of para-hydroxylation sites is 1. The molecule has 148 valence electrons. The van der Waals surface area contributed by atoms with Gasteiger partial charge >= 0.3 is 5.97 Å². The second kappa shape index (κ2) is 9.30. The summed E-state index contributed by atoms with van der Waals surface area (Å²) in [5.74, 6) is -1.13. The van der Waals surface area contributed by atoms with E-state index in [4.69, 9.17) is 4.74 Å². The Morgan fingerprint density at radius 1 is 0.897 bits per heavy atom. The third kappa shape index (κ3) is 4.97. The molecule has 5 nitrogen and oxygen atoms in total. The van der Waals surface area contributed by atoms with E-state index in [0.29, 0.717) is 10.6 Å². The summed E-state index contributed by atoms with van der Waals surface area (Å²) in [4.78, 5) is 25.5. The minimum Gasteiger partial charge on any atom is -0.449 e. The molecule has 0 saturated heterocycles. The molecule has 3 rings (SSSR count). The van der Waals surface area contributed by atoms with Crippen molar-refractivity contribution in [3.63, 3.8) is 0 Å². The van der Waals surface area contributed by atoms with Crippen LogP contribution in [0, 0.1) is 0 Å². The van der Waals surface area contributed by atoms with Gasteiger partial charge in [0.25, 0.3) is 5.91 Å². The Hall–Kier alpha value is -3.25. The molecule has 1 amide bonds. The summed E-state index contributed by atoms with van der Waals surface area (Å²) < 4.78 is 17.1. The zero-order valence-electron chi connectivity index (χ0n) is 16.1. The number of hydrogen-bond donors (Lipinski definition) is 1. The highest BCUT2D eigenvalue weighted by atomic mass is 32.2. The van der Waals surface area contributed by atoms with Crippen LogP contribution in [0.25, 0.3) is 11.1 Å². The van der Waals surface area contributed by atoms with Gasteiger partial charge in [-0.05, 0) is 30.7 Å². The minimum atomic E-state index is -1.34. The first kappa shape index (κ1) is 20.5. The molecule has 1 N–H and O–H groups in total. The van der Waals surface area contributed by atoms with Crippen molar-refractivity contribution < 1.29 is 18.5 Å². The first-order valence-electron chi connectivity index (χ1n) is 9.06. The fourth-order valence-corrected chi connectivity index (χ4v) is 3.59. The van der Waals surface area contributed by atoms with Gasteiger partial charge in [0, 0.05) is 17.5 Å². The number of benzene rings is 3. The summed E-state index contributed by atoms with van der Waals surface area (Å²) in [6.45, 7) is 1.50. The van der Waals surface area contributed by atoms with Crippen LogP contribution in [0.1, 0.15) is 17.3 Å². The monoisotopic (exact) mass is 407 g/mol. The van der Waals surface area contributed by atoms with E-state index >= 15 is 0 Å². The van der Waals surface area contributed by atoms with Gasteiger partial charge in [-0.2, -0.15) is 0 Å². The largest absolute Gasteiger partial charge is 0.449 e. The van der Waals surface area contributed by atoms with Crippen molar-refractivity contribution in [2.24, 2.45) is 0 Å². The highest BCUT2D eigenvalue weighted by Crippen LogP contribution is 2.27. The van der Waals surface area contributed by atoms with Crippen molar-refractivity contribution in [1.82, 2.24) is 0 Å². The molecule has 0 fully saturated rings. The number of hydrogen-bond acceptors (Lipinski definition) is 4. The normalized spacial score (nSPS) is 12.6. The molecule has 0 aromatic heterocycles. The maximum atomic E-state index is 12.6. The zero-order chi connectivity index (χ0) is 20.8.